The van der Waals surface area contributed by atoms with Crippen LogP contribution in [0.4, 0.5) is 0 Å². The maximum absolute atomic E-state index is 5.72. The topological polar surface area (TPSA) is 52.0 Å². The van der Waals surface area contributed by atoms with E-state index in [1.165, 1.54) is 0 Å². The number of nitrogens with zero attached hydrogens (tertiary/aromatic N) is 3. The third kappa shape index (κ3) is 1.48. The molecule has 0 spiro atoms. The standard InChI is InChI=1S/C11H14N4O/c1-15-11-8(3-2-4-13-11)10(14-15)9-7-12-5-6-16-9/h2-4,9,12H,5-7H2,1H3. The van der Waals surface area contributed by atoms with Crippen molar-refractivity contribution in [3.05, 3.63) is 24.0 Å². The lowest BCUT2D eigenvalue weighted by atomic mass is 10.1. The molecule has 84 valence electrons. The Morgan fingerprint density at radius 3 is 3.31 bits per heavy atom. The predicted molar refractivity (Wildman–Crippen MR) is 60.1 cm³/mol. The summed E-state index contributed by atoms with van der Waals surface area (Å²) in [7, 11) is 1.91. The zero-order chi connectivity index (χ0) is 11.0. The molecule has 3 heterocycles. The Bertz CT molecular complexity index is 502. The van der Waals surface area contributed by atoms with E-state index >= 15 is 0 Å². The number of morpholine rings is 1. The second kappa shape index (κ2) is 3.84. The maximum Gasteiger partial charge on any atom is 0.157 e. The first-order chi connectivity index (χ1) is 7.86. The Kier molecular flexibility index (Phi) is 2.34. The summed E-state index contributed by atoms with van der Waals surface area (Å²) in [6, 6.07) is 3.98. The lowest BCUT2D eigenvalue weighted by Gasteiger charge is -2.22. The van der Waals surface area contributed by atoms with Crippen LogP contribution < -0.4 is 5.32 Å². The average molecular weight is 218 g/mol. The van der Waals surface area contributed by atoms with Gasteiger partial charge in [0.1, 0.15) is 11.8 Å². The van der Waals surface area contributed by atoms with Crippen molar-refractivity contribution in [1.82, 2.24) is 20.1 Å². The highest BCUT2D eigenvalue weighted by atomic mass is 16.5. The van der Waals surface area contributed by atoms with Crippen molar-refractivity contribution >= 4 is 11.0 Å². The van der Waals surface area contributed by atoms with Crippen molar-refractivity contribution in [1.29, 1.82) is 0 Å². The summed E-state index contributed by atoms with van der Waals surface area (Å²) in [5.74, 6) is 0. The summed E-state index contributed by atoms with van der Waals surface area (Å²) in [5, 5.41) is 8.90. The van der Waals surface area contributed by atoms with Crippen molar-refractivity contribution in [3.8, 4) is 0 Å². The van der Waals surface area contributed by atoms with Gasteiger partial charge in [0.25, 0.3) is 0 Å². The van der Waals surface area contributed by atoms with E-state index in [4.69, 9.17) is 4.74 Å². The van der Waals surface area contributed by atoms with E-state index in [2.05, 4.69) is 15.4 Å². The van der Waals surface area contributed by atoms with Gasteiger partial charge in [-0.05, 0) is 12.1 Å². The van der Waals surface area contributed by atoms with E-state index in [0.29, 0.717) is 0 Å². The van der Waals surface area contributed by atoms with Crippen molar-refractivity contribution in [2.45, 2.75) is 6.10 Å². The van der Waals surface area contributed by atoms with Crippen molar-refractivity contribution in [2.24, 2.45) is 7.05 Å². The number of fused-ring (bicyclic) bond motifs is 1. The molecule has 2 aromatic heterocycles. The lowest BCUT2D eigenvalue weighted by molar-refractivity contribution is 0.0255. The summed E-state index contributed by atoms with van der Waals surface area (Å²) in [4.78, 5) is 4.32. The average Bonchev–Trinajstić information content (AvgIpc) is 2.69. The zero-order valence-electron chi connectivity index (χ0n) is 9.18. The molecule has 1 N–H and O–H groups in total. The molecule has 16 heavy (non-hydrogen) atoms. The molecule has 1 aliphatic heterocycles. The monoisotopic (exact) mass is 218 g/mol. The second-order valence-corrected chi connectivity index (χ2v) is 3.95. The molecule has 1 fully saturated rings. The third-order valence-electron chi connectivity index (χ3n) is 2.86. The van der Waals surface area contributed by atoms with Gasteiger partial charge in [0, 0.05) is 31.7 Å². The number of pyridine rings is 1. The SMILES string of the molecule is Cn1nc(C2CNCCO2)c2cccnc21. The number of aryl methyl sites for hydroxylation is 1. The smallest absolute Gasteiger partial charge is 0.157 e. The fourth-order valence-corrected chi connectivity index (χ4v) is 2.10. The summed E-state index contributed by atoms with van der Waals surface area (Å²) < 4.78 is 7.53. The van der Waals surface area contributed by atoms with Crippen LogP contribution in [0.3, 0.4) is 0 Å². The van der Waals surface area contributed by atoms with Crippen LogP contribution in [0.15, 0.2) is 18.3 Å². The van der Waals surface area contributed by atoms with Gasteiger partial charge in [0.05, 0.1) is 6.61 Å². The molecular weight excluding hydrogens is 204 g/mol. The van der Waals surface area contributed by atoms with Crippen LogP contribution in [0.1, 0.15) is 11.8 Å². The maximum atomic E-state index is 5.72. The summed E-state index contributed by atoms with van der Waals surface area (Å²) in [6.45, 7) is 2.48. The highest BCUT2D eigenvalue weighted by molar-refractivity contribution is 5.78. The van der Waals surface area contributed by atoms with Gasteiger partial charge < -0.3 is 10.1 Å². The van der Waals surface area contributed by atoms with E-state index in [9.17, 15) is 0 Å². The summed E-state index contributed by atoms with van der Waals surface area (Å²) in [6.07, 6.45) is 1.83. The van der Waals surface area contributed by atoms with Gasteiger partial charge in [0.15, 0.2) is 5.65 Å². The first kappa shape index (κ1) is 9.74. The number of rotatable bonds is 1. The van der Waals surface area contributed by atoms with Crippen LogP contribution >= 0.6 is 0 Å². The molecule has 5 nitrogen and oxygen atoms in total. The Morgan fingerprint density at radius 2 is 2.50 bits per heavy atom. The van der Waals surface area contributed by atoms with Crippen molar-refractivity contribution in [3.63, 3.8) is 0 Å². The van der Waals surface area contributed by atoms with Crippen LogP contribution in [-0.2, 0) is 11.8 Å². The molecule has 5 heteroatoms. The molecule has 0 bridgehead atoms. The van der Waals surface area contributed by atoms with Gasteiger partial charge in [-0.2, -0.15) is 5.10 Å². The first-order valence-corrected chi connectivity index (χ1v) is 5.46. The van der Waals surface area contributed by atoms with Crippen LogP contribution in [-0.4, -0.2) is 34.5 Å². The van der Waals surface area contributed by atoms with Gasteiger partial charge in [-0.15, -0.1) is 0 Å². The molecule has 2 aromatic rings. The number of aromatic nitrogens is 3. The highest BCUT2D eigenvalue weighted by Gasteiger charge is 2.21. The van der Waals surface area contributed by atoms with E-state index < -0.39 is 0 Å². The van der Waals surface area contributed by atoms with Crippen LogP contribution in [0.25, 0.3) is 11.0 Å². The minimum atomic E-state index is 0.0432. The van der Waals surface area contributed by atoms with Gasteiger partial charge in [0.2, 0.25) is 0 Å². The Hall–Kier alpha value is -1.46. The third-order valence-corrected chi connectivity index (χ3v) is 2.86. The lowest BCUT2D eigenvalue weighted by Crippen LogP contribution is -2.33. The number of ether oxygens (including phenoxy) is 1. The van der Waals surface area contributed by atoms with Gasteiger partial charge >= 0.3 is 0 Å². The molecule has 0 aromatic carbocycles. The normalized spacial score (nSPS) is 21.4. The molecule has 0 aliphatic carbocycles. The van der Waals surface area contributed by atoms with E-state index in [1.807, 2.05) is 23.9 Å². The molecular formula is C11H14N4O. The molecule has 0 amide bonds. The van der Waals surface area contributed by atoms with Crippen molar-refractivity contribution < 1.29 is 4.74 Å². The van der Waals surface area contributed by atoms with Crippen molar-refractivity contribution in [2.75, 3.05) is 19.7 Å². The Labute approximate surface area is 93.4 Å². The number of nitrogens with one attached hydrogen (secondary N) is 1. The minimum absolute atomic E-state index is 0.0432. The van der Waals surface area contributed by atoms with Crippen LogP contribution in [0, 0.1) is 0 Å². The fourth-order valence-electron chi connectivity index (χ4n) is 2.10. The fraction of sp³-hybridized carbons (Fsp3) is 0.455. The van der Waals surface area contributed by atoms with E-state index in [-0.39, 0.29) is 6.10 Å². The van der Waals surface area contributed by atoms with Gasteiger partial charge in [-0.25, -0.2) is 4.98 Å². The predicted octanol–water partition coefficient (Wildman–Crippen LogP) is 0.629. The summed E-state index contributed by atoms with van der Waals surface area (Å²) >= 11 is 0. The quantitative estimate of drug-likeness (QED) is 0.762. The Balaban J connectivity index is 2.08. The number of hydrogen-bond acceptors (Lipinski definition) is 4. The largest absolute Gasteiger partial charge is 0.369 e. The minimum Gasteiger partial charge on any atom is -0.369 e. The molecule has 3 rings (SSSR count). The van der Waals surface area contributed by atoms with Crippen LogP contribution in [0.2, 0.25) is 0 Å². The highest BCUT2D eigenvalue weighted by Crippen LogP contribution is 2.24. The first-order valence-electron chi connectivity index (χ1n) is 5.46. The van der Waals surface area contributed by atoms with Gasteiger partial charge in [-0.3, -0.25) is 4.68 Å². The molecule has 1 unspecified atom stereocenters. The Morgan fingerprint density at radius 1 is 1.56 bits per heavy atom. The molecule has 1 atom stereocenters. The number of hydrogen-bond donors (Lipinski definition) is 1. The molecule has 0 radical (unpaired) electrons. The van der Waals surface area contributed by atoms with Crippen LogP contribution in [0.5, 0.6) is 0 Å². The summed E-state index contributed by atoms with van der Waals surface area (Å²) in [5.41, 5.74) is 1.89. The van der Waals surface area contributed by atoms with E-state index in [0.717, 1.165) is 36.4 Å². The second-order valence-electron chi connectivity index (χ2n) is 3.95. The van der Waals surface area contributed by atoms with E-state index in [1.54, 1.807) is 6.20 Å². The molecule has 1 aliphatic rings. The zero-order valence-corrected chi connectivity index (χ0v) is 9.18. The van der Waals surface area contributed by atoms with Gasteiger partial charge in [-0.1, -0.05) is 0 Å². The molecule has 1 saturated heterocycles. The molecule has 0 saturated carbocycles.